The Morgan fingerprint density at radius 1 is 1.08 bits per heavy atom. The monoisotopic (exact) mass is 364 g/mol. The molecular formula is C22H24N2OS. The zero-order valence-corrected chi connectivity index (χ0v) is 16.2. The first-order chi connectivity index (χ1) is 12.6. The second-order valence-electron chi connectivity index (χ2n) is 6.52. The van der Waals surface area contributed by atoms with Gasteiger partial charge in [-0.2, -0.15) is 0 Å². The van der Waals surface area contributed by atoms with Gasteiger partial charge in [-0.05, 0) is 49.5 Å². The minimum absolute atomic E-state index is 0.00471. The van der Waals surface area contributed by atoms with Crippen LogP contribution in [0.25, 0.3) is 11.1 Å². The van der Waals surface area contributed by atoms with Crippen molar-refractivity contribution in [1.82, 2.24) is 4.90 Å². The second-order valence-corrected chi connectivity index (χ2v) is 7.52. The molecule has 0 aliphatic rings. The lowest BCUT2D eigenvalue weighted by Crippen LogP contribution is -2.39. The third-order valence-electron chi connectivity index (χ3n) is 4.67. The molecule has 0 bridgehead atoms. The Kier molecular flexibility index (Phi) is 5.86. The number of likely N-dealkylation sites (N-methyl/N-ethyl adjacent to an activating group) is 1. The lowest BCUT2D eigenvalue weighted by atomic mass is 10.0. The number of nitrogens with one attached hydrogen (secondary N) is 1. The highest BCUT2D eigenvalue weighted by molar-refractivity contribution is 7.10. The number of thiophene rings is 1. The van der Waals surface area contributed by atoms with E-state index in [1.807, 2.05) is 56.4 Å². The fourth-order valence-corrected chi connectivity index (χ4v) is 3.80. The predicted molar refractivity (Wildman–Crippen MR) is 110 cm³/mol. The van der Waals surface area contributed by atoms with Gasteiger partial charge in [0.2, 0.25) is 5.91 Å². The maximum absolute atomic E-state index is 12.8. The molecule has 1 N–H and O–H groups in total. The van der Waals surface area contributed by atoms with E-state index in [4.69, 9.17) is 0 Å². The number of nitrogens with zero attached hydrogens (tertiary/aromatic N) is 1. The fraction of sp³-hybridized carbons (Fsp3) is 0.227. The zero-order chi connectivity index (χ0) is 18.5. The number of rotatable bonds is 6. The van der Waals surface area contributed by atoms with Crippen LogP contribution in [0.5, 0.6) is 0 Å². The van der Waals surface area contributed by atoms with Crippen molar-refractivity contribution >= 4 is 22.9 Å². The Labute approximate surface area is 159 Å². The molecule has 3 aromatic rings. The molecule has 1 aromatic heterocycles. The molecule has 3 rings (SSSR count). The van der Waals surface area contributed by atoms with Gasteiger partial charge in [-0.3, -0.25) is 9.69 Å². The van der Waals surface area contributed by atoms with Crippen molar-refractivity contribution in [1.29, 1.82) is 0 Å². The number of amides is 1. The third-order valence-corrected chi connectivity index (χ3v) is 5.68. The van der Waals surface area contributed by atoms with Crippen LogP contribution in [0.1, 0.15) is 17.4 Å². The summed E-state index contributed by atoms with van der Waals surface area (Å²) in [5, 5.41) is 5.20. The number of benzene rings is 2. The maximum atomic E-state index is 12.8. The van der Waals surface area contributed by atoms with Crippen molar-refractivity contribution in [3.8, 4) is 11.1 Å². The molecule has 0 fully saturated rings. The molecule has 3 nitrogen and oxygen atoms in total. The minimum Gasteiger partial charge on any atom is -0.324 e. The first-order valence-corrected chi connectivity index (χ1v) is 9.62. The van der Waals surface area contributed by atoms with Crippen LogP contribution in [0, 0.1) is 6.92 Å². The molecule has 0 saturated heterocycles. The van der Waals surface area contributed by atoms with E-state index in [1.54, 1.807) is 11.3 Å². The van der Waals surface area contributed by atoms with Gasteiger partial charge in [-0.25, -0.2) is 0 Å². The molecule has 0 aliphatic carbocycles. The summed E-state index contributed by atoms with van der Waals surface area (Å²) in [6.45, 7) is 4.84. The largest absolute Gasteiger partial charge is 0.324 e. The highest BCUT2D eigenvalue weighted by atomic mass is 32.1. The van der Waals surface area contributed by atoms with E-state index >= 15 is 0 Å². The van der Waals surface area contributed by atoms with E-state index in [2.05, 4.69) is 40.7 Å². The molecule has 2 aromatic carbocycles. The Morgan fingerprint density at radius 3 is 2.46 bits per heavy atom. The lowest BCUT2D eigenvalue weighted by Gasteiger charge is -2.24. The third kappa shape index (κ3) is 4.21. The zero-order valence-electron chi connectivity index (χ0n) is 15.4. The Morgan fingerprint density at radius 2 is 1.77 bits per heavy atom. The van der Waals surface area contributed by atoms with Gasteiger partial charge in [-0.15, -0.1) is 11.3 Å². The Bertz CT molecular complexity index is 873. The summed E-state index contributed by atoms with van der Waals surface area (Å²) in [7, 11) is 1.99. The van der Waals surface area contributed by atoms with E-state index in [0.717, 1.165) is 23.4 Å². The number of para-hydroxylation sites is 1. The lowest BCUT2D eigenvalue weighted by molar-refractivity contribution is -0.120. The highest BCUT2D eigenvalue weighted by Gasteiger charge is 2.20. The van der Waals surface area contributed by atoms with Crippen molar-refractivity contribution in [3.63, 3.8) is 0 Å². The average Bonchev–Trinajstić information content (AvgIpc) is 3.06. The van der Waals surface area contributed by atoms with Crippen LogP contribution < -0.4 is 5.32 Å². The van der Waals surface area contributed by atoms with Gasteiger partial charge in [0.1, 0.15) is 0 Å². The van der Waals surface area contributed by atoms with Crippen molar-refractivity contribution in [3.05, 3.63) is 76.5 Å². The summed E-state index contributed by atoms with van der Waals surface area (Å²) < 4.78 is 0. The van der Waals surface area contributed by atoms with E-state index < -0.39 is 0 Å². The van der Waals surface area contributed by atoms with E-state index in [1.165, 1.54) is 10.4 Å². The van der Waals surface area contributed by atoms with Gasteiger partial charge in [0.25, 0.3) is 0 Å². The Balaban J connectivity index is 1.73. The van der Waals surface area contributed by atoms with Crippen LogP contribution in [0.3, 0.4) is 0 Å². The van der Waals surface area contributed by atoms with Crippen molar-refractivity contribution in [2.75, 3.05) is 12.4 Å². The molecule has 1 heterocycles. The van der Waals surface area contributed by atoms with Crippen molar-refractivity contribution < 1.29 is 4.79 Å². The van der Waals surface area contributed by atoms with Gasteiger partial charge in [0.05, 0.1) is 6.04 Å². The summed E-state index contributed by atoms with van der Waals surface area (Å²) >= 11 is 1.74. The SMILES string of the molecule is Cc1ccsc1CN(C)[C@H](C)C(=O)Nc1ccccc1-c1ccccc1. The van der Waals surface area contributed by atoms with Crippen LogP contribution in [0.15, 0.2) is 66.0 Å². The summed E-state index contributed by atoms with van der Waals surface area (Å²) in [5.41, 5.74) is 4.25. The van der Waals surface area contributed by atoms with Crippen molar-refractivity contribution in [2.24, 2.45) is 0 Å². The summed E-state index contributed by atoms with van der Waals surface area (Å²) in [6.07, 6.45) is 0. The fourth-order valence-electron chi connectivity index (χ4n) is 2.83. The Hall–Kier alpha value is -2.43. The topological polar surface area (TPSA) is 32.3 Å². The van der Waals surface area contributed by atoms with Crippen LogP contribution in [-0.2, 0) is 11.3 Å². The number of carbonyl (C=O) groups is 1. The number of hydrogen-bond acceptors (Lipinski definition) is 3. The molecule has 1 atom stereocenters. The molecule has 0 unspecified atom stereocenters. The summed E-state index contributed by atoms with van der Waals surface area (Å²) in [5.74, 6) is 0.00471. The van der Waals surface area contributed by atoms with E-state index in [0.29, 0.717) is 0 Å². The van der Waals surface area contributed by atoms with Crippen LogP contribution in [0.4, 0.5) is 5.69 Å². The van der Waals surface area contributed by atoms with Gasteiger partial charge in [0.15, 0.2) is 0 Å². The molecule has 26 heavy (non-hydrogen) atoms. The second kappa shape index (κ2) is 8.30. The molecule has 1 amide bonds. The summed E-state index contributed by atoms with van der Waals surface area (Å²) in [6, 6.07) is 20.0. The molecule has 0 aliphatic heterocycles. The van der Waals surface area contributed by atoms with E-state index in [-0.39, 0.29) is 11.9 Å². The van der Waals surface area contributed by atoms with Gasteiger partial charge >= 0.3 is 0 Å². The molecule has 0 spiro atoms. The molecule has 0 saturated carbocycles. The van der Waals surface area contributed by atoms with Crippen LogP contribution >= 0.6 is 11.3 Å². The van der Waals surface area contributed by atoms with Crippen LogP contribution in [0.2, 0.25) is 0 Å². The first kappa shape index (κ1) is 18.4. The minimum atomic E-state index is -0.222. The number of aryl methyl sites for hydroxylation is 1. The number of carbonyl (C=O) groups excluding carboxylic acids is 1. The average molecular weight is 365 g/mol. The summed E-state index contributed by atoms with van der Waals surface area (Å²) in [4.78, 5) is 16.2. The highest BCUT2D eigenvalue weighted by Crippen LogP contribution is 2.28. The maximum Gasteiger partial charge on any atom is 0.241 e. The predicted octanol–water partition coefficient (Wildman–Crippen LogP) is 5.18. The quantitative estimate of drug-likeness (QED) is 0.653. The first-order valence-electron chi connectivity index (χ1n) is 8.75. The molecule has 0 radical (unpaired) electrons. The molecule has 134 valence electrons. The number of anilines is 1. The van der Waals surface area contributed by atoms with Gasteiger partial charge in [0, 0.05) is 22.7 Å². The number of hydrogen-bond donors (Lipinski definition) is 1. The normalized spacial score (nSPS) is 12.2. The molecular weight excluding hydrogens is 340 g/mol. The van der Waals surface area contributed by atoms with E-state index in [9.17, 15) is 4.79 Å². The smallest absolute Gasteiger partial charge is 0.241 e. The van der Waals surface area contributed by atoms with Gasteiger partial charge < -0.3 is 5.32 Å². The van der Waals surface area contributed by atoms with Crippen molar-refractivity contribution in [2.45, 2.75) is 26.4 Å². The van der Waals surface area contributed by atoms with Gasteiger partial charge in [-0.1, -0.05) is 48.5 Å². The standard InChI is InChI=1S/C22H24N2OS/c1-16-13-14-26-21(16)15-24(3)17(2)22(25)23-20-12-8-7-11-19(20)18-9-5-4-6-10-18/h4-14,17H,15H2,1-3H3,(H,23,25)/t17-/m1/s1. The van der Waals surface area contributed by atoms with Crippen LogP contribution in [-0.4, -0.2) is 23.9 Å². The molecule has 4 heteroatoms.